The molecule has 0 unspecified atom stereocenters. The van der Waals surface area contributed by atoms with Crippen LogP contribution in [-0.2, 0) is 0 Å². The molecule has 2 heterocycles. The van der Waals surface area contributed by atoms with Crippen molar-refractivity contribution in [3.05, 3.63) is 65.0 Å². The highest BCUT2D eigenvalue weighted by molar-refractivity contribution is 6.21. The van der Waals surface area contributed by atoms with Crippen LogP contribution < -0.4 is 5.32 Å². The van der Waals surface area contributed by atoms with Gasteiger partial charge in [-0.2, -0.15) is 0 Å². The summed E-state index contributed by atoms with van der Waals surface area (Å²) in [6, 6.07) is 9.79. The van der Waals surface area contributed by atoms with Gasteiger partial charge in [-0.3, -0.25) is 19.3 Å². The normalized spacial score (nSPS) is 13.0. The number of carbonyl (C=O) groups is 3. The fourth-order valence-corrected chi connectivity index (χ4v) is 2.97. The van der Waals surface area contributed by atoms with E-state index in [9.17, 15) is 14.4 Å². The topological polar surface area (TPSA) is 110 Å². The highest BCUT2D eigenvalue weighted by Crippen LogP contribution is 2.25. The average molecular weight is 362 g/mol. The van der Waals surface area contributed by atoms with Gasteiger partial charge in [0.05, 0.1) is 16.8 Å². The number of hydrogen-bond donors (Lipinski definition) is 1. The van der Waals surface area contributed by atoms with Gasteiger partial charge in [-0.05, 0) is 59.3 Å². The Kier molecular flexibility index (Phi) is 3.76. The predicted molar refractivity (Wildman–Crippen MR) is 94.7 cm³/mol. The minimum absolute atomic E-state index is 0.283. The maximum Gasteiger partial charge on any atom is 0.261 e. The van der Waals surface area contributed by atoms with Crippen LogP contribution in [0.25, 0.3) is 5.69 Å². The van der Waals surface area contributed by atoms with Crippen LogP contribution in [0.4, 0.5) is 5.69 Å². The Morgan fingerprint density at radius 2 is 1.81 bits per heavy atom. The molecule has 0 radical (unpaired) electrons. The molecule has 1 N–H and O–H groups in total. The minimum Gasteiger partial charge on any atom is -0.322 e. The predicted octanol–water partition coefficient (Wildman–Crippen LogP) is 1.45. The number of rotatable bonds is 3. The zero-order valence-electron chi connectivity index (χ0n) is 14.5. The quantitative estimate of drug-likeness (QED) is 0.706. The smallest absolute Gasteiger partial charge is 0.261 e. The largest absolute Gasteiger partial charge is 0.322 e. The molecule has 0 atom stereocenters. The Balaban J connectivity index is 1.58. The number of carbonyl (C=O) groups excluding carboxylic acids is 3. The lowest BCUT2D eigenvalue weighted by Gasteiger charge is -2.09. The summed E-state index contributed by atoms with van der Waals surface area (Å²) >= 11 is 0. The van der Waals surface area contributed by atoms with Crippen LogP contribution in [0.2, 0.25) is 0 Å². The van der Waals surface area contributed by atoms with Crippen molar-refractivity contribution in [1.82, 2.24) is 25.1 Å². The van der Waals surface area contributed by atoms with Crippen molar-refractivity contribution in [2.45, 2.75) is 6.92 Å². The number of fused-ring (bicyclic) bond motifs is 1. The second-order valence-corrected chi connectivity index (χ2v) is 6.14. The van der Waals surface area contributed by atoms with Gasteiger partial charge in [0.15, 0.2) is 0 Å². The molecule has 1 aromatic heterocycles. The molecule has 9 heteroatoms. The number of anilines is 1. The van der Waals surface area contributed by atoms with Crippen molar-refractivity contribution in [2.75, 3.05) is 12.4 Å². The minimum atomic E-state index is -0.382. The van der Waals surface area contributed by atoms with Crippen molar-refractivity contribution in [1.29, 1.82) is 0 Å². The molecule has 0 fully saturated rings. The maximum absolute atomic E-state index is 12.6. The number of imide groups is 1. The molecular weight excluding hydrogens is 348 g/mol. The molecule has 27 heavy (non-hydrogen) atoms. The van der Waals surface area contributed by atoms with Crippen LogP contribution in [0.1, 0.15) is 36.6 Å². The van der Waals surface area contributed by atoms with E-state index in [2.05, 4.69) is 20.8 Å². The summed E-state index contributed by atoms with van der Waals surface area (Å²) in [5.41, 5.74) is 3.10. The van der Waals surface area contributed by atoms with Crippen molar-refractivity contribution in [3.8, 4) is 5.69 Å². The molecule has 3 amide bonds. The average Bonchev–Trinajstić information content (AvgIpc) is 3.26. The molecule has 0 spiro atoms. The van der Waals surface area contributed by atoms with Gasteiger partial charge in [0, 0.05) is 18.3 Å². The van der Waals surface area contributed by atoms with Gasteiger partial charge in [0.25, 0.3) is 17.7 Å². The lowest BCUT2D eigenvalue weighted by Crippen LogP contribution is -2.24. The molecule has 1 aliphatic heterocycles. The summed E-state index contributed by atoms with van der Waals surface area (Å²) in [6.45, 7) is 1.85. The summed E-state index contributed by atoms with van der Waals surface area (Å²) in [7, 11) is 1.43. The van der Waals surface area contributed by atoms with Gasteiger partial charge in [0.2, 0.25) is 0 Å². The molecule has 2 aromatic carbocycles. The van der Waals surface area contributed by atoms with E-state index in [4.69, 9.17) is 0 Å². The van der Waals surface area contributed by atoms with Crippen LogP contribution in [0.5, 0.6) is 0 Å². The molecule has 1 aliphatic rings. The van der Waals surface area contributed by atoms with E-state index < -0.39 is 0 Å². The van der Waals surface area contributed by atoms with Gasteiger partial charge < -0.3 is 5.32 Å². The molecule has 0 aliphatic carbocycles. The summed E-state index contributed by atoms with van der Waals surface area (Å²) < 4.78 is 1.51. The summed E-state index contributed by atoms with van der Waals surface area (Å²) in [4.78, 5) is 37.6. The summed E-state index contributed by atoms with van der Waals surface area (Å²) in [6.07, 6.45) is 1.47. The van der Waals surface area contributed by atoms with Crippen LogP contribution in [0, 0.1) is 6.92 Å². The fraction of sp³-hybridized carbons (Fsp3) is 0.111. The number of hydrogen-bond acceptors (Lipinski definition) is 6. The molecular formula is C18H14N6O3. The molecule has 4 rings (SSSR count). The first kappa shape index (κ1) is 16.6. The third-order valence-electron chi connectivity index (χ3n) is 4.40. The first-order chi connectivity index (χ1) is 13.0. The summed E-state index contributed by atoms with van der Waals surface area (Å²) in [5.74, 6) is -1.05. The monoisotopic (exact) mass is 362 g/mol. The second kappa shape index (κ2) is 6.13. The number of aryl methyl sites for hydroxylation is 1. The number of nitrogens with one attached hydrogen (secondary N) is 1. The van der Waals surface area contributed by atoms with Crippen LogP contribution in [0.15, 0.2) is 42.7 Å². The first-order valence-electron chi connectivity index (χ1n) is 8.07. The highest BCUT2D eigenvalue weighted by atomic mass is 16.2. The van der Waals surface area contributed by atoms with Crippen molar-refractivity contribution in [2.24, 2.45) is 0 Å². The Morgan fingerprint density at radius 3 is 2.52 bits per heavy atom. The number of nitrogens with zero attached hydrogens (tertiary/aromatic N) is 5. The SMILES string of the molecule is Cc1cc(C(=O)Nc2ccc3c(c2)C(=O)N(C)C3=O)ccc1-n1cnnn1. The van der Waals surface area contributed by atoms with E-state index in [1.807, 2.05) is 6.92 Å². The van der Waals surface area contributed by atoms with Gasteiger partial charge >= 0.3 is 0 Å². The van der Waals surface area contributed by atoms with Gasteiger partial charge in [0.1, 0.15) is 6.33 Å². The van der Waals surface area contributed by atoms with Crippen LogP contribution >= 0.6 is 0 Å². The van der Waals surface area contributed by atoms with E-state index in [0.717, 1.165) is 16.2 Å². The zero-order chi connectivity index (χ0) is 19.1. The Hall–Kier alpha value is -3.88. The van der Waals surface area contributed by atoms with Crippen molar-refractivity contribution >= 4 is 23.4 Å². The Morgan fingerprint density at radius 1 is 1.04 bits per heavy atom. The fourth-order valence-electron chi connectivity index (χ4n) is 2.97. The van der Waals surface area contributed by atoms with E-state index in [0.29, 0.717) is 16.8 Å². The van der Waals surface area contributed by atoms with Gasteiger partial charge in [-0.1, -0.05) is 0 Å². The molecule has 0 saturated heterocycles. The number of aromatic nitrogens is 4. The Bertz CT molecular complexity index is 1090. The molecule has 3 aromatic rings. The number of tetrazole rings is 1. The van der Waals surface area contributed by atoms with Crippen molar-refractivity contribution in [3.63, 3.8) is 0 Å². The standard InChI is InChI=1S/C18H14N6O3/c1-10-7-11(3-6-15(10)24-9-19-21-22-24)16(25)20-12-4-5-13-14(8-12)18(27)23(2)17(13)26/h3-9H,1-2H3,(H,20,25). The van der Waals surface area contributed by atoms with Gasteiger partial charge in [-0.15, -0.1) is 5.10 Å². The number of benzene rings is 2. The van der Waals surface area contributed by atoms with Crippen molar-refractivity contribution < 1.29 is 14.4 Å². The van der Waals surface area contributed by atoms with Crippen LogP contribution in [-0.4, -0.2) is 49.9 Å². The van der Waals surface area contributed by atoms with E-state index in [1.165, 1.54) is 24.1 Å². The molecule has 9 nitrogen and oxygen atoms in total. The second-order valence-electron chi connectivity index (χ2n) is 6.14. The molecule has 134 valence electrons. The molecule has 0 saturated carbocycles. The van der Waals surface area contributed by atoms with E-state index in [1.54, 1.807) is 30.3 Å². The molecule has 0 bridgehead atoms. The lowest BCUT2D eigenvalue weighted by atomic mass is 10.1. The third-order valence-corrected chi connectivity index (χ3v) is 4.40. The zero-order valence-corrected chi connectivity index (χ0v) is 14.5. The maximum atomic E-state index is 12.6. The first-order valence-corrected chi connectivity index (χ1v) is 8.07. The Labute approximate surface area is 153 Å². The highest BCUT2D eigenvalue weighted by Gasteiger charge is 2.32. The number of amides is 3. The van der Waals surface area contributed by atoms with Crippen LogP contribution in [0.3, 0.4) is 0 Å². The van der Waals surface area contributed by atoms with E-state index in [-0.39, 0.29) is 23.3 Å². The summed E-state index contributed by atoms with van der Waals surface area (Å²) in [5, 5.41) is 13.8. The van der Waals surface area contributed by atoms with E-state index >= 15 is 0 Å². The lowest BCUT2D eigenvalue weighted by molar-refractivity contribution is 0.0692. The van der Waals surface area contributed by atoms with Gasteiger partial charge in [-0.25, -0.2) is 4.68 Å². The third kappa shape index (κ3) is 2.74.